The van der Waals surface area contributed by atoms with Gasteiger partial charge < -0.3 is 0 Å². The van der Waals surface area contributed by atoms with Crippen molar-refractivity contribution in [1.82, 2.24) is 5.06 Å². The lowest BCUT2D eigenvalue weighted by atomic mass is 9.96. The molecule has 0 N–H and O–H groups in total. The first-order valence-corrected chi connectivity index (χ1v) is 7.75. The molecule has 0 aromatic heterocycles. The number of carbonyl (C=O) groups excluding carboxylic acids is 2. The van der Waals surface area contributed by atoms with E-state index in [1.165, 1.54) is 0 Å². The predicted octanol–water partition coefficient (Wildman–Crippen LogP) is 1.42. The molecule has 0 aliphatic carbocycles. The van der Waals surface area contributed by atoms with Crippen molar-refractivity contribution >= 4 is 33.9 Å². The summed E-state index contributed by atoms with van der Waals surface area (Å²) in [5.74, 6) is -1.61. The van der Waals surface area contributed by atoms with Gasteiger partial charge in [0.25, 0.3) is 22.8 Å². The second kappa shape index (κ2) is 6.15. The fourth-order valence-electron chi connectivity index (χ4n) is 2.40. The van der Waals surface area contributed by atoms with E-state index < -0.39 is 22.8 Å². The summed E-state index contributed by atoms with van der Waals surface area (Å²) in [4.78, 5) is 25.0. The molecular formula is C16H11NO5S. The van der Waals surface area contributed by atoms with Crippen LogP contribution in [-0.4, -0.2) is 25.3 Å². The fraction of sp³-hybridized carbons (Fsp3) is 0. The van der Waals surface area contributed by atoms with Crippen LogP contribution in [0.4, 0.5) is 0 Å². The number of rotatable bonds is 4. The Hall–Kier alpha value is -2.77. The van der Waals surface area contributed by atoms with E-state index >= 15 is 0 Å². The van der Waals surface area contributed by atoms with E-state index in [1.54, 1.807) is 60.7 Å². The van der Waals surface area contributed by atoms with Crippen molar-refractivity contribution < 1.29 is 22.3 Å². The Balaban J connectivity index is 2.20. The molecule has 0 radical (unpaired) electrons. The lowest BCUT2D eigenvalue weighted by Gasteiger charge is -2.08. The van der Waals surface area contributed by atoms with Gasteiger partial charge >= 0.3 is 0 Å². The van der Waals surface area contributed by atoms with Crippen molar-refractivity contribution in [1.29, 1.82) is 0 Å². The maximum absolute atomic E-state index is 12.5. The van der Waals surface area contributed by atoms with Gasteiger partial charge in [0, 0.05) is 0 Å². The highest BCUT2D eigenvalue weighted by Crippen LogP contribution is 2.35. The fourth-order valence-corrected chi connectivity index (χ4v) is 2.68. The third-order valence-electron chi connectivity index (χ3n) is 3.32. The maximum atomic E-state index is 12.5. The number of nitrogens with zero attached hydrogens (tertiary/aromatic N) is 1. The molecule has 2 aromatic rings. The molecule has 0 saturated heterocycles. The molecule has 0 spiro atoms. The number of imide groups is 1. The lowest BCUT2D eigenvalue weighted by Crippen LogP contribution is -2.31. The normalized spacial score (nSPS) is 14.9. The van der Waals surface area contributed by atoms with E-state index in [-0.39, 0.29) is 16.2 Å². The monoisotopic (exact) mass is 329 g/mol. The average molecular weight is 329 g/mol. The zero-order chi connectivity index (χ0) is 16.4. The molecule has 1 aliphatic heterocycles. The molecule has 116 valence electrons. The number of benzene rings is 2. The highest BCUT2D eigenvalue weighted by molar-refractivity contribution is 7.67. The molecule has 0 bridgehead atoms. The van der Waals surface area contributed by atoms with Gasteiger partial charge in [0.05, 0.1) is 11.1 Å². The standard InChI is InChI=1S/C16H11NO5S/c18-15-13(11-7-3-1-4-8-11)14(12-9-5-2-6-10-12)16(19)17(15)22-23(20)21/h1-10,23H. The van der Waals surface area contributed by atoms with Crippen LogP contribution in [0.5, 0.6) is 0 Å². The van der Waals surface area contributed by atoms with Crippen molar-refractivity contribution in [3.05, 3.63) is 71.8 Å². The largest absolute Gasteiger partial charge is 0.287 e. The van der Waals surface area contributed by atoms with Crippen LogP contribution >= 0.6 is 0 Å². The Kier molecular flexibility index (Phi) is 4.05. The van der Waals surface area contributed by atoms with E-state index in [9.17, 15) is 18.0 Å². The Labute approximate surface area is 133 Å². The summed E-state index contributed by atoms with van der Waals surface area (Å²) in [6, 6.07) is 17.1. The Morgan fingerprint density at radius 3 is 1.43 bits per heavy atom. The molecule has 1 aliphatic rings. The number of carbonyl (C=O) groups is 2. The second-order valence-electron chi connectivity index (χ2n) is 4.69. The van der Waals surface area contributed by atoms with Crippen LogP contribution in [0.3, 0.4) is 0 Å². The molecule has 0 saturated carbocycles. The number of hydrogen-bond donors (Lipinski definition) is 1. The van der Waals surface area contributed by atoms with Gasteiger partial charge in [0.15, 0.2) is 0 Å². The van der Waals surface area contributed by atoms with Gasteiger partial charge in [-0.15, -0.1) is 9.35 Å². The smallest absolute Gasteiger partial charge is 0.266 e. The number of amides is 2. The van der Waals surface area contributed by atoms with E-state index in [0.717, 1.165) is 0 Å². The van der Waals surface area contributed by atoms with Crippen molar-refractivity contribution in [2.45, 2.75) is 0 Å². The SMILES string of the molecule is O=C1C(c2ccccc2)=C(c2ccccc2)C(=O)N1O[SH](=O)=O. The van der Waals surface area contributed by atoms with Gasteiger partial charge in [0.2, 0.25) is 0 Å². The molecular weight excluding hydrogens is 318 g/mol. The van der Waals surface area contributed by atoms with E-state index in [4.69, 9.17) is 0 Å². The van der Waals surface area contributed by atoms with E-state index in [0.29, 0.717) is 11.1 Å². The Morgan fingerprint density at radius 2 is 1.09 bits per heavy atom. The molecule has 23 heavy (non-hydrogen) atoms. The van der Waals surface area contributed by atoms with Crippen LogP contribution in [0.15, 0.2) is 60.7 Å². The van der Waals surface area contributed by atoms with Crippen molar-refractivity contribution in [2.24, 2.45) is 0 Å². The minimum absolute atomic E-state index is 0.110. The van der Waals surface area contributed by atoms with E-state index in [2.05, 4.69) is 4.28 Å². The molecule has 0 unspecified atom stereocenters. The minimum Gasteiger partial charge on any atom is -0.266 e. The lowest BCUT2D eigenvalue weighted by molar-refractivity contribution is -0.160. The van der Waals surface area contributed by atoms with Crippen molar-refractivity contribution in [3.8, 4) is 0 Å². The van der Waals surface area contributed by atoms with Crippen LogP contribution in [0.2, 0.25) is 0 Å². The molecule has 0 fully saturated rings. The third-order valence-corrected chi connectivity index (χ3v) is 3.62. The molecule has 0 atom stereocenters. The highest BCUT2D eigenvalue weighted by atomic mass is 32.2. The summed E-state index contributed by atoms with van der Waals surface area (Å²) in [6.07, 6.45) is 0. The number of hydroxylamine groups is 2. The first-order valence-electron chi connectivity index (χ1n) is 6.66. The molecule has 3 rings (SSSR count). The summed E-state index contributed by atoms with van der Waals surface area (Å²) in [7, 11) is -3.38. The second-order valence-corrected chi connectivity index (χ2v) is 5.30. The molecule has 7 heteroatoms. The van der Waals surface area contributed by atoms with Gasteiger partial charge in [-0.2, -0.15) is 0 Å². The van der Waals surface area contributed by atoms with Crippen molar-refractivity contribution in [2.75, 3.05) is 0 Å². The highest BCUT2D eigenvalue weighted by Gasteiger charge is 2.41. The summed E-state index contributed by atoms with van der Waals surface area (Å²) in [6.45, 7) is 0. The predicted molar refractivity (Wildman–Crippen MR) is 83.0 cm³/mol. The van der Waals surface area contributed by atoms with Gasteiger partial charge in [-0.3, -0.25) is 9.59 Å². The van der Waals surface area contributed by atoms with Crippen LogP contribution in [0, 0.1) is 0 Å². The van der Waals surface area contributed by atoms with Crippen LogP contribution in [0.25, 0.3) is 11.1 Å². The van der Waals surface area contributed by atoms with Crippen LogP contribution in [-0.2, 0) is 24.9 Å². The summed E-state index contributed by atoms with van der Waals surface area (Å²) in [5, 5.41) is 0.274. The summed E-state index contributed by atoms with van der Waals surface area (Å²) < 4.78 is 26.0. The number of hydrogen-bond acceptors (Lipinski definition) is 5. The molecule has 2 aromatic carbocycles. The minimum atomic E-state index is -3.38. The van der Waals surface area contributed by atoms with Gasteiger partial charge in [-0.1, -0.05) is 60.7 Å². The van der Waals surface area contributed by atoms with Crippen molar-refractivity contribution in [3.63, 3.8) is 0 Å². The zero-order valence-corrected chi connectivity index (χ0v) is 12.6. The quantitative estimate of drug-likeness (QED) is 0.678. The topological polar surface area (TPSA) is 80.8 Å². The van der Waals surface area contributed by atoms with Crippen LogP contribution < -0.4 is 0 Å². The Morgan fingerprint density at radius 1 is 0.696 bits per heavy atom. The van der Waals surface area contributed by atoms with Crippen LogP contribution in [0.1, 0.15) is 11.1 Å². The Bertz CT molecular complexity index is 802. The van der Waals surface area contributed by atoms with Gasteiger partial charge in [-0.05, 0) is 11.1 Å². The average Bonchev–Trinajstić information content (AvgIpc) is 2.80. The van der Waals surface area contributed by atoms with Gasteiger partial charge in [0.1, 0.15) is 0 Å². The molecule has 1 heterocycles. The van der Waals surface area contributed by atoms with E-state index in [1.807, 2.05) is 0 Å². The van der Waals surface area contributed by atoms with Gasteiger partial charge in [-0.25, -0.2) is 8.42 Å². The first-order chi connectivity index (χ1) is 11.1. The third kappa shape index (κ3) is 2.79. The summed E-state index contributed by atoms with van der Waals surface area (Å²) >= 11 is 0. The summed E-state index contributed by atoms with van der Waals surface area (Å²) in [5.41, 5.74) is 1.24. The number of thiol groups is 1. The maximum Gasteiger partial charge on any atom is 0.287 e. The molecule has 2 amide bonds. The molecule has 6 nitrogen and oxygen atoms in total. The zero-order valence-electron chi connectivity index (χ0n) is 11.7. The first kappa shape index (κ1) is 15.1.